The van der Waals surface area contributed by atoms with Crippen molar-refractivity contribution in [3.63, 3.8) is 0 Å². The van der Waals surface area contributed by atoms with Gasteiger partial charge in [0.25, 0.3) is 0 Å². The number of fused-ring (bicyclic) bond motifs is 1. The van der Waals surface area contributed by atoms with E-state index in [1.165, 1.54) is 46.8 Å². The molecule has 1 aromatic carbocycles. The molecule has 1 aromatic heterocycles. The number of rotatable bonds is 6. The molecule has 114 valence electrons. The van der Waals surface area contributed by atoms with Crippen LogP contribution in [0.1, 0.15) is 46.0 Å². The van der Waals surface area contributed by atoms with Crippen molar-refractivity contribution in [2.24, 2.45) is 0 Å². The molecule has 0 atom stereocenters. The summed E-state index contributed by atoms with van der Waals surface area (Å²) in [7, 11) is 0. The Bertz CT molecular complexity index is 628. The predicted octanol–water partition coefficient (Wildman–Crippen LogP) is 3.62. The second-order valence-electron chi connectivity index (χ2n) is 5.77. The molecule has 1 aliphatic rings. The minimum atomic E-state index is 0.719. The first-order valence-corrected chi connectivity index (χ1v) is 8.84. The van der Waals surface area contributed by atoms with Gasteiger partial charge in [0.1, 0.15) is 0 Å². The van der Waals surface area contributed by atoms with Crippen molar-refractivity contribution >= 4 is 11.3 Å². The third kappa shape index (κ3) is 3.94. The van der Waals surface area contributed by atoms with Crippen LogP contribution in [0.15, 0.2) is 24.3 Å². The fourth-order valence-corrected chi connectivity index (χ4v) is 4.01. The minimum absolute atomic E-state index is 0.719. The highest BCUT2D eigenvalue weighted by molar-refractivity contribution is 7.11. The van der Waals surface area contributed by atoms with E-state index in [1.54, 1.807) is 0 Å². The van der Waals surface area contributed by atoms with Crippen molar-refractivity contribution in [1.82, 2.24) is 10.3 Å². The zero-order chi connectivity index (χ0) is 15.2. The highest BCUT2D eigenvalue weighted by Gasteiger charge is 2.14. The summed E-state index contributed by atoms with van der Waals surface area (Å²) in [6.45, 7) is 1.87. The molecule has 3 rings (SSSR count). The molecule has 2 aromatic rings. The highest BCUT2D eigenvalue weighted by Crippen LogP contribution is 2.27. The number of nitriles is 1. The van der Waals surface area contributed by atoms with Gasteiger partial charge in [-0.2, -0.15) is 5.26 Å². The quantitative estimate of drug-likeness (QED) is 0.829. The van der Waals surface area contributed by atoms with Gasteiger partial charge in [-0.1, -0.05) is 12.1 Å². The summed E-state index contributed by atoms with van der Waals surface area (Å²) in [5.41, 5.74) is 3.32. The standard InChI is InChI=1S/C18H21N3S/c19-12-14-7-9-15(10-8-14)13-20-11-3-6-18-21-16-4-1-2-5-17(16)22-18/h7-10,20H,1-6,11,13H2. The van der Waals surface area contributed by atoms with Crippen LogP contribution >= 0.6 is 11.3 Å². The lowest BCUT2D eigenvalue weighted by Crippen LogP contribution is -2.15. The second kappa shape index (κ2) is 7.53. The number of nitrogens with one attached hydrogen (secondary N) is 1. The van der Waals surface area contributed by atoms with Crippen molar-refractivity contribution in [3.05, 3.63) is 51.0 Å². The van der Waals surface area contributed by atoms with E-state index in [9.17, 15) is 0 Å². The first kappa shape index (κ1) is 15.2. The number of benzene rings is 1. The summed E-state index contributed by atoms with van der Waals surface area (Å²) in [5.74, 6) is 0. The van der Waals surface area contributed by atoms with Gasteiger partial charge in [0, 0.05) is 17.8 Å². The largest absolute Gasteiger partial charge is 0.313 e. The molecule has 0 amide bonds. The zero-order valence-electron chi connectivity index (χ0n) is 12.8. The highest BCUT2D eigenvalue weighted by atomic mass is 32.1. The van der Waals surface area contributed by atoms with Crippen molar-refractivity contribution in [2.75, 3.05) is 6.54 Å². The Morgan fingerprint density at radius 3 is 2.77 bits per heavy atom. The molecule has 0 aliphatic heterocycles. The summed E-state index contributed by atoms with van der Waals surface area (Å²) in [6.07, 6.45) is 7.27. The molecular weight excluding hydrogens is 290 g/mol. The normalized spacial score (nSPS) is 13.6. The zero-order valence-corrected chi connectivity index (χ0v) is 13.6. The molecule has 1 aliphatic carbocycles. The van der Waals surface area contributed by atoms with Crippen LogP contribution < -0.4 is 5.32 Å². The van der Waals surface area contributed by atoms with Gasteiger partial charge in [0.05, 0.1) is 22.3 Å². The van der Waals surface area contributed by atoms with Crippen molar-refractivity contribution < 1.29 is 0 Å². The maximum Gasteiger partial charge on any atom is 0.0991 e. The Morgan fingerprint density at radius 1 is 1.18 bits per heavy atom. The van der Waals surface area contributed by atoms with Gasteiger partial charge in [-0.05, 0) is 56.3 Å². The van der Waals surface area contributed by atoms with Gasteiger partial charge in [0.15, 0.2) is 0 Å². The first-order valence-electron chi connectivity index (χ1n) is 8.02. The monoisotopic (exact) mass is 311 g/mol. The summed E-state index contributed by atoms with van der Waals surface area (Å²) < 4.78 is 0. The Kier molecular flexibility index (Phi) is 5.20. The molecule has 3 nitrogen and oxygen atoms in total. The Hall–Kier alpha value is -1.70. The van der Waals surface area contributed by atoms with Crippen LogP contribution in [0, 0.1) is 11.3 Å². The minimum Gasteiger partial charge on any atom is -0.313 e. The molecule has 0 unspecified atom stereocenters. The van der Waals surface area contributed by atoms with E-state index in [0.717, 1.165) is 31.5 Å². The molecule has 1 heterocycles. The van der Waals surface area contributed by atoms with Gasteiger partial charge in [-0.15, -0.1) is 11.3 Å². The van der Waals surface area contributed by atoms with Crippen LogP contribution in [0.25, 0.3) is 0 Å². The van der Waals surface area contributed by atoms with E-state index in [4.69, 9.17) is 10.2 Å². The van der Waals surface area contributed by atoms with Crippen LogP contribution in [-0.2, 0) is 25.8 Å². The van der Waals surface area contributed by atoms with Gasteiger partial charge >= 0.3 is 0 Å². The summed E-state index contributed by atoms with van der Waals surface area (Å²) in [4.78, 5) is 6.32. The maximum atomic E-state index is 8.77. The van der Waals surface area contributed by atoms with E-state index in [2.05, 4.69) is 11.4 Å². The van der Waals surface area contributed by atoms with Crippen molar-refractivity contribution in [3.8, 4) is 6.07 Å². The number of aromatic nitrogens is 1. The molecule has 0 fully saturated rings. The van der Waals surface area contributed by atoms with E-state index in [-0.39, 0.29) is 0 Å². The average Bonchev–Trinajstić information content (AvgIpc) is 2.98. The van der Waals surface area contributed by atoms with E-state index >= 15 is 0 Å². The summed E-state index contributed by atoms with van der Waals surface area (Å²) in [5, 5.41) is 13.6. The molecule has 0 saturated carbocycles. The smallest absolute Gasteiger partial charge is 0.0991 e. The van der Waals surface area contributed by atoms with Crippen LogP contribution in [-0.4, -0.2) is 11.5 Å². The number of thiazole rings is 1. The third-order valence-electron chi connectivity index (χ3n) is 4.05. The van der Waals surface area contributed by atoms with Crippen LogP contribution in [0.5, 0.6) is 0 Å². The lowest BCUT2D eigenvalue weighted by molar-refractivity contribution is 0.645. The van der Waals surface area contributed by atoms with E-state index < -0.39 is 0 Å². The second-order valence-corrected chi connectivity index (χ2v) is 6.94. The van der Waals surface area contributed by atoms with Gasteiger partial charge in [-0.25, -0.2) is 4.98 Å². The summed E-state index contributed by atoms with van der Waals surface area (Å²) in [6, 6.07) is 9.92. The van der Waals surface area contributed by atoms with Crippen LogP contribution in [0.3, 0.4) is 0 Å². The fourth-order valence-electron chi connectivity index (χ4n) is 2.81. The molecule has 0 radical (unpaired) electrons. The predicted molar refractivity (Wildman–Crippen MR) is 89.9 cm³/mol. The number of hydrogen-bond acceptors (Lipinski definition) is 4. The molecule has 22 heavy (non-hydrogen) atoms. The molecule has 0 spiro atoms. The Balaban J connectivity index is 1.38. The van der Waals surface area contributed by atoms with Crippen molar-refractivity contribution in [1.29, 1.82) is 5.26 Å². The fraction of sp³-hybridized carbons (Fsp3) is 0.444. The van der Waals surface area contributed by atoms with Gasteiger partial charge < -0.3 is 5.32 Å². The summed E-state index contributed by atoms with van der Waals surface area (Å²) >= 11 is 1.92. The van der Waals surface area contributed by atoms with E-state index in [0.29, 0.717) is 0 Å². The maximum absolute atomic E-state index is 8.77. The molecule has 0 bridgehead atoms. The first-order chi connectivity index (χ1) is 10.8. The van der Waals surface area contributed by atoms with Crippen LogP contribution in [0.4, 0.5) is 0 Å². The Labute approximate surface area is 136 Å². The Morgan fingerprint density at radius 2 is 2.00 bits per heavy atom. The lowest BCUT2D eigenvalue weighted by Gasteiger charge is -2.06. The number of hydrogen-bond donors (Lipinski definition) is 1. The molecule has 4 heteroatoms. The average molecular weight is 311 g/mol. The van der Waals surface area contributed by atoms with Crippen molar-refractivity contribution in [2.45, 2.75) is 45.1 Å². The molecule has 1 N–H and O–H groups in total. The van der Waals surface area contributed by atoms with Crippen LogP contribution in [0.2, 0.25) is 0 Å². The topological polar surface area (TPSA) is 48.7 Å². The SMILES string of the molecule is N#Cc1ccc(CNCCCc2nc3c(s2)CCCC3)cc1. The van der Waals surface area contributed by atoms with Gasteiger partial charge in [-0.3, -0.25) is 0 Å². The lowest BCUT2D eigenvalue weighted by atomic mass is 10.0. The molecule has 0 saturated heterocycles. The number of nitrogens with zero attached hydrogens (tertiary/aromatic N) is 2. The third-order valence-corrected chi connectivity index (χ3v) is 5.26. The number of aryl methyl sites for hydroxylation is 3. The molecular formula is C18H21N3S. The van der Waals surface area contributed by atoms with E-state index in [1.807, 2.05) is 35.6 Å². The van der Waals surface area contributed by atoms with Gasteiger partial charge in [0.2, 0.25) is 0 Å².